The highest BCUT2D eigenvalue weighted by Crippen LogP contribution is 2.34. The first-order valence-electron chi connectivity index (χ1n) is 7.65. The quantitative estimate of drug-likeness (QED) is 0.573. The van der Waals surface area contributed by atoms with E-state index in [-0.39, 0.29) is 12.6 Å². The molecule has 0 aromatic heterocycles. The highest BCUT2D eigenvalue weighted by Gasteiger charge is 2.12. The molecule has 0 atom stereocenters. The van der Waals surface area contributed by atoms with E-state index in [2.05, 4.69) is 5.32 Å². The average Bonchev–Trinajstić information content (AvgIpc) is 3.09. The summed E-state index contributed by atoms with van der Waals surface area (Å²) in [5.41, 5.74) is 1.50. The number of ketones is 1. The summed E-state index contributed by atoms with van der Waals surface area (Å²) >= 11 is 0. The fraction of sp³-hybridized carbons (Fsp3) is 0.0500. The van der Waals surface area contributed by atoms with Crippen LogP contribution in [-0.2, 0) is 0 Å². The van der Waals surface area contributed by atoms with Crippen molar-refractivity contribution in [3.8, 4) is 11.5 Å². The summed E-state index contributed by atoms with van der Waals surface area (Å²) in [7, 11) is 0. The Balaban J connectivity index is 1.47. The summed E-state index contributed by atoms with van der Waals surface area (Å²) in [5, 5.41) is 5.25. The molecule has 0 saturated heterocycles. The molecule has 0 bridgehead atoms. The normalized spacial score (nSPS) is 12.7. The summed E-state index contributed by atoms with van der Waals surface area (Å²) in [5.74, 6) is 1.39. The molecule has 0 amide bonds. The Kier molecular flexibility index (Phi) is 3.63. The maximum absolute atomic E-state index is 12.3. The average molecular weight is 317 g/mol. The van der Waals surface area contributed by atoms with Crippen molar-refractivity contribution in [1.82, 2.24) is 0 Å². The molecule has 1 aliphatic rings. The minimum atomic E-state index is -0.0472. The van der Waals surface area contributed by atoms with Crippen molar-refractivity contribution in [1.29, 1.82) is 0 Å². The molecule has 24 heavy (non-hydrogen) atoms. The minimum Gasteiger partial charge on any atom is -0.454 e. The molecule has 3 aromatic carbocycles. The third-order valence-electron chi connectivity index (χ3n) is 3.89. The van der Waals surface area contributed by atoms with E-state index in [4.69, 9.17) is 9.47 Å². The van der Waals surface area contributed by atoms with Gasteiger partial charge in [0.05, 0.1) is 0 Å². The number of hydrogen-bond acceptors (Lipinski definition) is 4. The number of carbonyl (C=O) groups excluding carboxylic acids is 1. The molecule has 1 aliphatic heterocycles. The van der Waals surface area contributed by atoms with Crippen LogP contribution in [0.2, 0.25) is 0 Å². The van der Waals surface area contributed by atoms with Gasteiger partial charge in [-0.1, -0.05) is 36.4 Å². The molecule has 0 aliphatic carbocycles. The summed E-state index contributed by atoms with van der Waals surface area (Å²) in [4.78, 5) is 12.3. The Morgan fingerprint density at radius 2 is 1.75 bits per heavy atom. The lowest BCUT2D eigenvalue weighted by atomic mass is 10.0. The molecule has 4 heteroatoms. The van der Waals surface area contributed by atoms with E-state index < -0.39 is 0 Å². The zero-order valence-electron chi connectivity index (χ0n) is 12.9. The third kappa shape index (κ3) is 2.82. The number of benzene rings is 3. The van der Waals surface area contributed by atoms with Gasteiger partial charge in [-0.2, -0.15) is 0 Å². The van der Waals surface area contributed by atoms with Crippen LogP contribution in [0.25, 0.3) is 10.8 Å². The van der Waals surface area contributed by atoms with E-state index in [1.165, 1.54) is 6.08 Å². The highest BCUT2D eigenvalue weighted by molar-refractivity contribution is 6.06. The molecule has 0 saturated carbocycles. The van der Waals surface area contributed by atoms with E-state index >= 15 is 0 Å². The Bertz CT molecular complexity index is 947. The van der Waals surface area contributed by atoms with Gasteiger partial charge in [-0.3, -0.25) is 4.79 Å². The zero-order valence-corrected chi connectivity index (χ0v) is 12.9. The molecule has 0 unspecified atom stereocenters. The van der Waals surface area contributed by atoms with Crippen LogP contribution in [0.3, 0.4) is 0 Å². The second-order valence-electron chi connectivity index (χ2n) is 5.47. The van der Waals surface area contributed by atoms with Crippen molar-refractivity contribution in [3.63, 3.8) is 0 Å². The predicted molar refractivity (Wildman–Crippen MR) is 93.6 cm³/mol. The van der Waals surface area contributed by atoms with E-state index in [0.717, 1.165) is 22.2 Å². The van der Waals surface area contributed by atoms with E-state index in [1.807, 2.05) is 60.7 Å². The van der Waals surface area contributed by atoms with Gasteiger partial charge < -0.3 is 14.8 Å². The Hall–Kier alpha value is -3.27. The number of rotatable bonds is 4. The summed E-state index contributed by atoms with van der Waals surface area (Å²) in [6.07, 6.45) is 3.16. The number of carbonyl (C=O) groups is 1. The molecule has 118 valence electrons. The molecule has 1 N–H and O–H groups in total. The zero-order chi connectivity index (χ0) is 16.4. The smallest absolute Gasteiger partial charge is 0.231 e. The number of hydrogen-bond donors (Lipinski definition) is 1. The lowest BCUT2D eigenvalue weighted by Gasteiger charge is -2.03. The lowest BCUT2D eigenvalue weighted by Crippen LogP contribution is -1.96. The van der Waals surface area contributed by atoms with Gasteiger partial charge in [0, 0.05) is 29.6 Å². The largest absolute Gasteiger partial charge is 0.454 e. The van der Waals surface area contributed by atoms with Gasteiger partial charge in [-0.25, -0.2) is 0 Å². The first-order valence-corrected chi connectivity index (χ1v) is 7.65. The molecule has 3 aromatic rings. The fourth-order valence-electron chi connectivity index (χ4n) is 2.64. The summed E-state index contributed by atoms with van der Waals surface area (Å²) in [6.45, 7) is 0.245. The van der Waals surface area contributed by atoms with Gasteiger partial charge >= 0.3 is 0 Å². The number of allylic oxidation sites excluding steroid dienone is 1. The number of anilines is 1. The van der Waals surface area contributed by atoms with Crippen LogP contribution in [0.5, 0.6) is 11.5 Å². The van der Waals surface area contributed by atoms with Crippen LogP contribution in [-0.4, -0.2) is 12.6 Å². The SMILES string of the molecule is O=C(C=CNc1ccc2c(c1)OCO2)c1ccc2ccccc2c1. The number of nitrogens with one attached hydrogen (secondary N) is 1. The number of fused-ring (bicyclic) bond motifs is 2. The van der Waals surface area contributed by atoms with Gasteiger partial charge in [-0.15, -0.1) is 0 Å². The predicted octanol–water partition coefficient (Wildman–Crippen LogP) is 4.38. The van der Waals surface area contributed by atoms with Crippen molar-refractivity contribution in [2.24, 2.45) is 0 Å². The standard InChI is InChI=1S/C20H15NO3/c22-18(16-6-5-14-3-1-2-4-15(14)11-16)9-10-21-17-7-8-19-20(12-17)24-13-23-19/h1-12,21H,13H2. The monoisotopic (exact) mass is 317 g/mol. The second kappa shape index (κ2) is 6.08. The van der Waals surface area contributed by atoms with E-state index in [1.54, 1.807) is 6.20 Å². The van der Waals surface area contributed by atoms with Crippen molar-refractivity contribution in [3.05, 3.63) is 78.5 Å². The first kappa shape index (κ1) is 14.3. The van der Waals surface area contributed by atoms with Gasteiger partial charge in [0.15, 0.2) is 17.3 Å². The number of ether oxygens (including phenoxy) is 2. The maximum atomic E-state index is 12.3. The molecule has 4 nitrogen and oxygen atoms in total. The Morgan fingerprint density at radius 1 is 0.917 bits per heavy atom. The molecular weight excluding hydrogens is 302 g/mol. The van der Waals surface area contributed by atoms with Gasteiger partial charge in [0.1, 0.15) is 0 Å². The van der Waals surface area contributed by atoms with E-state index in [9.17, 15) is 4.79 Å². The van der Waals surface area contributed by atoms with Crippen LogP contribution >= 0.6 is 0 Å². The first-order chi connectivity index (χ1) is 11.8. The molecule has 1 heterocycles. The molecule has 0 fully saturated rings. The highest BCUT2D eigenvalue weighted by atomic mass is 16.7. The van der Waals surface area contributed by atoms with Crippen molar-refractivity contribution in [2.75, 3.05) is 12.1 Å². The molecule has 0 spiro atoms. The molecule has 4 rings (SSSR count). The Labute approximate surface area is 139 Å². The summed E-state index contributed by atoms with van der Waals surface area (Å²) in [6, 6.07) is 19.2. The maximum Gasteiger partial charge on any atom is 0.231 e. The Morgan fingerprint density at radius 3 is 2.67 bits per heavy atom. The van der Waals surface area contributed by atoms with Gasteiger partial charge in [0.25, 0.3) is 0 Å². The topological polar surface area (TPSA) is 47.6 Å². The minimum absolute atomic E-state index is 0.0472. The van der Waals surface area contributed by atoms with Crippen LogP contribution in [0.1, 0.15) is 10.4 Å². The molecule has 0 radical (unpaired) electrons. The fourth-order valence-corrected chi connectivity index (χ4v) is 2.64. The second-order valence-corrected chi connectivity index (χ2v) is 5.47. The van der Waals surface area contributed by atoms with Crippen LogP contribution in [0, 0.1) is 0 Å². The van der Waals surface area contributed by atoms with Crippen LogP contribution in [0.4, 0.5) is 5.69 Å². The van der Waals surface area contributed by atoms with Gasteiger partial charge in [-0.05, 0) is 29.0 Å². The van der Waals surface area contributed by atoms with Gasteiger partial charge in [0.2, 0.25) is 6.79 Å². The van der Waals surface area contributed by atoms with Crippen molar-refractivity contribution >= 4 is 22.2 Å². The van der Waals surface area contributed by atoms with Crippen molar-refractivity contribution in [2.45, 2.75) is 0 Å². The van der Waals surface area contributed by atoms with Crippen LogP contribution in [0.15, 0.2) is 72.9 Å². The van der Waals surface area contributed by atoms with Crippen LogP contribution < -0.4 is 14.8 Å². The lowest BCUT2D eigenvalue weighted by molar-refractivity contribution is 0.104. The van der Waals surface area contributed by atoms with Crippen molar-refractivity contribution < 1.29 is 14.3 Å². The third-order valence-corrected chi connectivity index (χ3v) is 3.89. The summed E-state index contributed by atoms with van der Waals surface area (Å²) < 4.78 is 10.6. The molecular formula is C20H15NO3. The van der Waals surface area contributed by atoms with E-state index in [0.29, 0.717) is 11.3 Å².